The van der Waals surface area contributed by atoms with Gasteiger partial charge in [0.2, 0.25) is 0 Å². The van der Waals surface area contributed by atoms with E-state index >= 15 is 0 Å². The van der Waals surface area contributed by atoms with Gasteiger partial charge < -0.3 is 0 Å². The number of piperidine rings is 1. The van der Waals surface area contributed by atoms with Crippen molar-refractivity contribution in [1.29, 1.82) is 0 Å². The van der Waals surface area contributed by atoms with E-state index in [1.165, 1.54) is 24.1 Å². The molecule has 1 aliphatic heterocycles. The zero-order chi connectivity index (χ0) is 24.6. The van der Waals surface area contributed by atoms with Gasteiger partial charge in [-0.2, -0.15) is 0 Å². The molecule has 0 aliphatic carbocycles. The summed E-state index contributed by atoms with van der Waals surface area (Å²) in [5.41, 5.74) is 4.48. The molecule has 0 atom stereocenters. The first-order chi connectivity index (χ1) is 16.6. The van der Waals surface area contributed by atoms with Crippen LogP contribution in [0.2, 0.25) is 0 Å². The molecule has 5 heteroatoms. The summed E-state index contributed by atoms with van der Waals surface area (Å²) in [7, 11) is 0. The third kappa shape index (κ3) is 9.57. The van der Waals surface area contributed by atoms with Crippen molar-refractivity contribution in [2.75, 3.05) is 26.3 Å². The second kappa shape index (κ2) is 15.9. The zero-order valence-electron chi connectivity index (χ0n) is 21.1. The minimum atomic E-state index is -0.276. The molecule has 2 rings (SSSR count). The molecule has 182 valence electrons. The van der Waals surface area contributed by atoms with Gasteiger partial charge in [-0.3, -0.25) is 19.9 Å². The molecule has 0 bridgehead atoms. The molecule has 0 saturated carbocycles. The lowest BCUT2D eigenvalue weighted by Crippen LogP contribution is -2.34. The van der Waals surface area contributed by atoms with Crippen LogP contribution in [0.15, 0.2) is 51.0 Å². The average Bonchev–Trinajstić information content (AvgIpc) is 2.84. The topological polar surface area (TPSA) is 40.3 Å². The van der Waals surface area contributed by atoms with Gasteiger partial charge in [0.05, 0.1) is 6.67 Å². The van der Waals surface area contributed by atoms with E-state index in [9.17, 15) is 4.39 Å². The quantitative estimate of drug-likeness (QED) is 0.151. The van der Waals surface area contributed by atoms with Crippen molar-refractivity contribution < 1.29 is 4.39 Å². The third-order valence-corrected chi connectivity index (χ3v) is 5.89. The molecule has 1 fully saturated rings. The zero-order valence-corrected chi connectivity index (χ0v) is 21.1. The number of rotatable bonds is 12. The lowest BCUT2D eigenvalue weighted by molar-refractivity contribution is 0.284. The van der Waals surface area contributed by atoms with Crippen molar-refractivity contribution in [3.05, 3.63) is 53.0 Å². The highest BCUT2D eigenvalue weighted by Gasteiger charge is 2.14. The highest BCUT2D eigenvalue weighted by molar-refractivity contribution is 6.10. The van der Waals surface area contributed by atoms with Gasteiger partial charge in [0, 0.05) is 60.9 Å². The van der Waals surface area contributed by atoms with Crippen LogP contribution in [0.3, 0.4) is 0 Å². The molecule has 1 aromatic rings. The summed E-state index contributed by atoms with van der Waals surface area (Å²) >= 11 is 0. The number of likely N-dealkylation sites (tertiary alicyclic amines) is 1. The van der Waals surface area contributed by atoms with Crippen LogP contribution in [-0.2, 0) is 6.42 Å². The van der Waals surface area contributed by atoms with E-state index in [2.05, 4.69) is 53.4 Å². The molecule has 1 aromatic carbocycles. The number of hydrogen-bond donors (Lipinski definition) is 0. The van der Waals surface area contributed by atoms with E-state index in [1.807, 2.05) is 6.07 Å². The number of benzene rings is 1. The van der Waals surface area contributed by atoms with Crippen molar-refractivity contribution >= 4 is 24.2 Å². The molecule has 1 saturated heterocycles. The van der Waals surface area contributed by atoms with Gasteiger partial charge in [0.1, 0.15) is 5.82 Å². The van der Waals surface area contributed by atoms with Crippen LogP contribution in [0.1, 0.15) is 70.4 Å². The number of nitrogens with zero attached hydrogens (tertiary/aromatic N) is 4. The minimum absolute atomic E-state index is 0.276. The predicted molar refractivity (Wildman–Crippen MR) is 145 cm³/mol. The average molecular weight is 463 g/mol. The Bertz CT molecular complexity index is 966. The normalized spacial score (nSPS) is 15.4. The summed E-state index contributed by atoms with van der Waals surface area (Å²) < 4.78 is 15.0. The van der Waals surface area contributed by atoms with Crippen LogP contribution in [0.5, 0.6) is 0 Å². The van der Waals surface area contributed by atoms with Gasteiger partial charge in [0.25, 0.3) is 0 Å². The minimum Gasteiger partial charge on any atom is -0.294 e. The van der Waals surface area contributed by atoms with E-state index in [0.29, 0.717) is 29.8 Å². The van der Waals surface area contributed by atoms with Crippen molar-refractivity contribution in [2.45, 2.75) is 65.7 Å². The summed E-state index contributed by atoms with van der Waals surface area (Å²) in [6, 6.07) is 5.34. The number of hydrogen-bond acceptors (Lipinski definition) is 4. The van der Waals surface area contributed by atoms with Gasteiger partial charge in [-0.25, -0.2) is 4.39 Å². The van der Waals surface area contributed by atoms with E-state index in [-0.39, 0.29) is 5.82 Å². The van der Waals surface area contributed by atoms with E-state index < -0.39 is 0 Å². The first-order valence-corrected chi connectivity index (χ1v) is 12.3. The molecule has 1 aliphatic rings. The lowest BCUT2D eigenvalue weighted by atomic mass is 10.0. The molecule has 0 spiro atoms. The van der Waals surface area contributed by atoms with Gasteiger partial charge in [-0.05, 0) is 59.1 Å². The van der Waals surface area contributed by atoms with Gasteiger partial charge in [-0.1, -0.05) is 42.7 Å². The Balaban J connectivity index is 1.84. The molecule has 0 N–H and O–H groups in total. The number of allylic oxidation sites excluding steroid dienone is 3. The summed E-state index contributed by atoms with van der Waals surface area (Å²) in [6.07, 6.45) is 12.6. The summed E-state index contributed by atoms with van der Waals surface area (Å²) in [5, 5.41) is 0. The van der Waals surface area contributed by atoms with Crippen molar-refractivity contribution in [3.63, 3.8) is 0 Å². The maximum atomic E-state index is 15.0. The van der Waals surface area contributed by atoms with Crippen molar-refractivity contribution in [3.8, 4) is 11.8 Å². The largest absolute Gasteiger partial charge is 0.294 e. The molecule has 0 unspecified atom stereocenters. The molecule has 0 aromatic heterocycles. The van der Waals surface area contributed by atoms with Crippen LogP contribution in [0.4, 0.5) is 4.39 Å². The molecule has 1 heterocycles. The van der Waals surface area contributed by atoms with Crippen LogP contribution >= 0.6 is 0 Å². The standard InChI is InChI=1S/C29H39FN4/c1-5-7-13-25-14-10-15-28(29(25)30)26(21-31-4)22-32-23-34-19-16-27(17-20-34)33-18-9-8-12-24(3)11-6-2/h10-11,14-15,21-22H,4,6,8-9,12-13,16-20,23H2,1-3H3/b24-11+,26-21+,32-22?. The van der Waals surface area contributed by atoms with Crippen LogP contribution < -0.4 is 0 Å². The number of unbranched alkanes of at least 4 members (excludes halogenated alkanes) is 1. The van der Waals surface area contributed by atoms with Gasteiger partial charge in [-0.15, -0.1) is 5.92 Å². The maximum Gasteiger partial charge on any atom is 0.135 e. The second-order valence-corrected chi connectivity index (χ2v) is 8.58. The lowest BCUT2D eigenvalue weighted by Gasteiger charge is -2.26. The van der Waals surface area contributed by atoms with Crippen LogP contribution in [0, 0.1) is 17.7 Å². The Morgan fingerprint density at radius 2 is 2.03 bits per heavy atom. The Morgan fingerprint density at radius 3 is 2.74 bits per heavy atom. The Kier molecular flexibility index (Phi) is 12.8. The summed E-state index contributed by atoms with van der Waals surface area (Å²) in [5.74, 6) is 5.46. The van der Waals surface area contributed by atoms with Crippen molar-refractivity contribution in [2.24, 2.45) is 15.0 Å². The summed E-state index contributed by atoms with van der Waals surface area (Å²) in [6.45, 7) is 13.1. The Morgan fingerprint density at radius 1 is 1.24 bits per heavy atom. The van der Waals surface area contributed by atoms with Crippen molar-refractivity contribution in [1.82, 2.24) is 4.90 Å². The smallest absolute Gasteiger partial charge is 0.135 e. The first-order valence-electron chi connectivity index (χ1n) is 12.3. The molecule has 34 heavy (non-hydrogen) atoms. The SMILES string of the molecule is C=N/C=C(\C=NCN1CCC(=NCCCC/C(C)=C/CC)CC1)c1cccc(CC#CC)c1F. The van der Waals surface area contributed by atoms with E-state index in [4.69, 9.17) is 4.99 Å². The Labute approximate surface area is 205 Å². The summed E-state index contributed by atoms with van der Waals surface area (Å²) in [4.78, 5) is 15.5. The highest BCUT2D eigenvalue weighted by Crippen LogP contribution is 2.21. The highest BCUT2D eigenvalue weighted by atomic mass is 19.1. The Hall–Kier alpha value is -2.84. The second-order valence-electron chi connectivity index (χ2n) is 8.58. The molecule has 0 amide bonds. The number of aliphatic imine (C=N–C) groups is 3. The maximum absolute atomic E-state index is 15.0. The monoisotopic (exact) mass is 462 g/mol. The van der Waals surface area contributed by atoms with Gasteiger partial charge >= 0.3 is 0 Å². The molecular weight excluding hydrogens is 423 g/mol. The van der Waals surface area contributed by atoms with Crippen LogP contribution in [0.25, 0.3) is 5.57 Å². The third-order valence-electron chi connectivity index (χ3n) is 5.89. The fraction of sp³-hybridized carbons (Fsp3) is 0.483. The molecule has 0 radical (unpaired) electrons. The molecule has 4 nitrogen and oxygen atoms in total. The fourth-order valence-electron chi connectivity index (χ4n) is 3.96. The van der Waals surface area contributed by atoms with Gasteiger partial charge in [0.15, 0.2) is 0 Å². The molecular formula is C29H39FN4. The fourth-order valence-corrected chi connectivity index (χ4v) is 3.96. The van der Waals surface area contributed by atoms with E-state index in [1.54, 1.807) is 31.5 Å². The predicted octanol–water partition coefficient (Wildman–Crippen LogP) is 6.52. The van der Waals surface area contributed by atoms with E-state index in [0.717, 1.165) is 45.3 Å². The van der Waals surface area contributed by atoms with Crippen LogP contribution in [-0.4, -0.2) is 49.8 Å². The first kappa shape index (κ1) is 27.4. The number of halogens is 1.